The molecule has 0 atom stereocenters. The van der Waals surface area contributed by atoms with Crippen LogP contribution in [0.4, 0.5) is 17.1 Å². The maximum atomic E-state index is 7.35. The van der Waals surface area contributed by atoms with E-state index in [1.165, 1.54) is 114 Å². The molecule has 2 nitrogen and oxygen atoms in total. The van der Waals surface area contributed by atoms with E-state index < -0.39 is 0 Å². The maximum absolute atomic E-state index is 7.35. The van der Waals surface area contributed by atoms with Crippen molar-refractivity contribution in [2.75, 3.05) is 4.90 Å². The van der Waals surface area contributed by atoms with E-state index in [0.29, 0.717) is 5.92 Å². The van der Waals surface area contributed by atoms with Crippen LogP contribution in [0.5, 0.6) is 0 Å². The predicted molar refractivity (Wildman–Crippen MR) is 281 cm³/mol. The summed E-state index contributed by atoms with van der Waals surface area (Å²) in [5.41, 5.74) is 13.7. The smallest absolute Gasteiger partial charge is 0.159 e. The monoisotopic (exact) mass is 845 g/mol. The van der Waals surface area contributed by atoms with E-state index in [1.54, 1.807) is 0 Å². The second-order valence-corrected chi connectivity index (χ2v) is 18.3. The van der Waals surface area contributed by atoms with E-state index in [4.69, 9.17) is 4.42 Å². The van der Waals surface area contributed by atoms with E-state index in [1.807, 2.05) is 0 Å². The standard InChI is InChI=1S/C64H47NO/c1-2-15-45(16-3-1)59-41-53-19-8-9-21-57(53)62-58-22-12-24-61(63(58)66-64(59)62)65(60-23-11-10-20-56(60)54-32-26-43-14-5-7-18-47(43)40-54)55-35-33-44(34-36-55)48-28-29-51-39-52(31-30-50(51)38-48)49-27-25-42-13-4-6-17-46(42)37-49/h4-14,17-41,45H,1-3,15-16H2. The first-order valence-corrected chi connectivity index (χ1v) is 23.6. The van der Waals surface area contributed by atoms with Crippen LogP contribution in [0.3, 0.4) is 0 Å². The van der Waals surface area contributed by atoms with Crippen LogP contribution < -0.4 is 4.90 Å². The van der Waals surface area contributed by atoms with Gasteiger partial charge in [0.1, 0.15) is 5.58 Å². The van der Waals surface area contributed by atoms with Gasteiger partial charge < -0.3 is 9.32 Å². The summed E-state index contributed by atoms with van der Waals surface area (Å²) in [5.74, 6) is 0.494. The fraction of sp³-hybridized carbons (Fsp3) is 0.0938. The van der Waals surface area contributed by atoms with Gasteiger partial charge in [-0.1, -0.05) is 183 Å². The molecule has 0 N–H and O–H groups in total. The number of nitrogens with zero attached hydrogens (tertiary/aromatic N) is 1. The Balaban J connectivity index is 0.955. The van der Waals surface area contributed by atoms with Crippen molar-refractivity contribution in [2.45, 2.75) is 38.0 Å². The highest BCUT2D eigenvalue weighted by atomic mass is 16.3. The summed E-state index contributed by atoms with van der Waals surface area (Å²) in [5, 5.41) is 12.4. The third-order valence-corrected chi connectivity index (χ3v) is 14.4. The summed E-state index contributed by atoms with van der Waals surface area (Å²) in [6, 6.07) is 80.4. The van der Waals surface area contributed by atoms with E-state index in [-0.39, 0.29) is 0 Å². The molecule has 0 amide bonds. The van der Waals surface area contributed by atoms with Crippen molar-refractivity contribution >= 4 is 82.1 Å². The number of para-hydroxylation sites is 2. The second kappa shape index (κ2) is 15.9. The Hall–Kier alpha value is -7.94. The van der Waals surface area contributed by atoms with E-state index in [0.717, 1.165) is 39.2 Å². The van der Waals surface area contributed by atoms with E-state index >= 15 is 0 Å². The molecule has 314 valence electrons. The summed E-state index contributed by atoms with van der Waals surface area (Å²) in [6.07, 6.45) is 6.27. The predicted octanol–water partition coefficient (Wildman–Crippen LogP) is 18.7. The third-order valence-electron chi connectivity index (χ3n) is 14.4. The average Bonchev–Trinajstić information content (AvgIpc) is 3.79. The lowest BCUT2D eigenvalue weighted by atomic mass is 9.82. The number of hydrogen-bond donors (Lipinski definition) is 0. The Morgan fingerprint density at radius 3 is 1.55 bits per heavy atom. The highest BCUT2D eigenvalue weighted by molar-refractivity contribution is 6.22. The molecule has 0 radical (unpaired) electrons. The lowest BCUT2D eigenvalue weighted by Crippen LogP contribution is -2.11. The van der Waals surface area contributed by atoms with Gasteiger partial charge in [0.05, 0.1) is 11.4 Å². The Kier molecular flexibility index (Phi) is 9.30. The van der Waals surface area contributed by atoms with Crippen LogP contribution in [-0.2, 0) is 0 Å². The van der Waals surface area contributed by atoms with E-state index in [2.05, 4.69) is 223 Å². The Labute approximate surface area is 385 Å². The minimum atomic E-state index is 0.494. The number of benzene rings is 11. The minimum absolute atomic E-state index is 0.494. The molecule has 0 saturated heterocycles. The normalized spacial score (nSPS) is 13.4. The number of rotatable bonds is 7. The molecule has 1 fully saturated rings. The van der Waals surface area contributed by atoms with Gasteiger partial charge in [-0.2, -0.15) is 0 Å². The highest BCUT2D eigenvalue weighted by Gasteiger charge is 2.26. The quantitative estimate of drug-likeness (QED) is 0.159. The summed E-state index contributed by atoms with van der Waals surface area (Å²) < 4.78 is 7.35. The van der Waals surface area contributed by atoms with Crippen LogP contribution in [0.25, 0.3) is 98.4 Å². The van der Waals surface area contributed by atoms with Gasteiger partial charge in [0.15, 0.2) is 5.58 Å². The van der Waals surface area contributed by atoms with Crippen molar-refractivity contribution in [1.29, 1.82) is 0 Å². The van der Waals surface area contributed by atoms with Crippen LogP contribution in [0.2, 0.25) is 0 Å². The summed E-state index contributed by atoms with van der Waals surface area (Å²) >= 11 is 0. The van der Waals surface area contributed by atoms with Crippen LogP contribution in [0, 0.1) is 0 Å². The van der Waals surface area contributed by atoms with Gasteiger partial charge in [-0.25, -0.2) is 0 Å². The maximum Gasteiger partial charge on any atom is 0.159 e. The van der Waals surface area contributed by atoms with Crippen LogP contribution in [0.1, 0.15) is 43.6 Å². The largest absolute Gasteiger partial charge is 0.454 e. The molecule has 0 aliphatic heterocycles. The van der Waals surface area contributed by atoms with Gasteiger partial charge in [0, 0.05) is 22.0 Å². The first-order chi connectivity index (χ1) is 32.7. The van der Waals surface area contributed by atoms with Crippen molar-refractivity contribution in [3.8, 4) is 33.4 Å². The van der Waals surface area contributed by atoms with Gasteiger partial charge in [-0.15, -0.1) is 0 Å². The zero-order chi connectivity index (χ0) is 43.6. The van der Waals surface area contributed by atoms with Crippen molar-refractivity contribution in [1.82, 2.24) is 0 Å². The molecule has 0 unspecified atom stereocenters. The molecule has 1 heterocycles. The Bertz CT molecular complexity index is 3810. The molecule has 11 aromatic carbocycles. The van der Waals surface area contributed by atoms with Crippen molar-refractivity contribution < 1.29 is 4.42 Å². The van der Waals surface area contributed by atoms with Gasteiger partial charge in [-0.05, 0) is 150 Å². The third kappa shape index (κ3) is 6.63. The molecule has 1 aliphatic carbocycles. The first-order valence-electron chi connectivity index (χ1n) is 23.6. The van der Waals surface area contributed by atoms with Gasteiger partial charge in [0.2, 0.25) is 0 Å². The zero-order valence-corrected chi connectivity index (χ0v) is 36.8. The molecule has 1 saturated carbocycles. The fourth-order valence-electron chi connectivity index (χ4n) is 11.0. The van der Waals surface area contributed by atoms with Crippen LogP contribution in [0.15, 0.2) is 223 Å². The Morgan fingerprint density at radius 2 is 0.848 bits per heavy atom. The summed E-state index contributed by atoms with van der Waals surface area (Å²) in [7, 11) is 0. The lowest BCUT2D eigenvalue weighted by Gasteiger charge is -2.28. The van der Waals surface area contributed by atoms with Crippen molar-refractivity contribution in [3.63, 3.8) is 0 Å². The lowest BCUT2D eigenvalue weighted by molar-refractivity contribution is 0.442. The molecule has 13 rings (SSSR count). The SMILES string of the molecule is c1ccc(N(c2ccc(-c3ccc4cc(-c5ccc6ccccc6c5)ccc4c3)cc2)c2cccc3c2oc2c(C4CCCCC4)cc4ccccc4c23)c(-c2ccc3ccccc3c2)c1. The molecule has 1 aliphatic rings. The fourth-order valence-corrected chi connectivity index (χ4v) is 11.0. The van der Waals surface area contributed by atoms with Crippen molar-refractivity contribution in [3.05, 3.63) is 224 Å². The van der Waals surface area contributed by atoms with Gasteiger partial charge >= 0.3 is 0 Å². The highest BCUT2D eigenvalue weighted by Crippen LogP contribution is 2.49. The second-order valence-electron chi connectivity index (χ2n) is 18.3. The number of anilines is 3. The zero-order valence-electron chi connectivity index (χ0n) is 36.8. The molecule has 0 bridgehead atoms. The molecular weight excluding hydrogens is 799 g/mol. The summed E-state index contributed by atoms with van der Waals surface area (Å²) in [4.78, 5) is 2.43. The van der Waals surface area contributed by atoms with Crippen LogP contribution >= 0.6 is 0 Å². The van der Waals surface area contributed by atoms with E-state index in [9.17, 15) is 0 Å². The molecule has 0 spiro atoms. The molecule has 66 heavy (non-hydrogen) atoms. The molecule has 2 heteroatoms. The molecule has 12 aromatic rings. The van der Waals surface area contributed by atoms with Gasteiger partial charge in [0.25, 0.3) is 0 Å². The molecular formula is C64H47NO. The van der Waals surface area contributed by atoms with Crippen LogP contribution in [-0.4, -0.2) is 0 Å². The van der Waals surface area contributed by atoms with Gasteiger partial charge in [-0.3, -0.25) is 0 Å². The number of fused-ring (bicyclic) bond motifs is 8. The topological polar surface area (TPSA) is 16.4 Å². The first kappa shape index (κ1) is 38.5. The average molecular weight is 846 g/mol. The number of hydrogen-bond acceptors (Lipinski definition) is 2. The minimum Gasteiger partial charge on any atom is -0.454 e. The number of furan rings is 1. The molecule has 1 aromatic heterocycles. The summed E-state index contributed by atoms with van der Waals surface area (Å²) in [6.45, 7) is 0. The Morgan fingerprint density at radius 1 is 0.348 bits per heavy atom. The van der Waals surface area contributed by atoms with Crippen molar-refractivity contribution in [2.24, 2.45) is 0 Å².